The monoisotopic (exact) mass is 343 g/mol. The lowest BCUT2D eigenvalue weighted by Gasteiger charge is -2.08. The van der Waals surface area contributed by atoms with E-state index in [9.17, 15) is 13.2 Å². The van der Waals surface area contributed by atoms with E-state index in [1.807, 2.05) is 13.2 Å². The Labute approximate surface area is 139 Å². The lowest BCUT2D eigenvalue weighted by atomic mass is 10.1. The third-order valence-corrected chi connectivity index (χ3v) is 3.27. The Kier molecular flexibility index (Phi) is 8.41. The van der Waals surface area contributed by atoms with Crippen molar-refractivity contribution in [3.8, 4) is 11.8 Å². The number of aliphatic imine (C=N–C) groups is 1. The molecule has 0 atom stereocenters. The number of nitrogens with zero attached hydrogens (tertiary/aromatic N) is 1. The van der Waals surface area contributed by atoms with Gasteiger partial charge in [-0.05, 0) is 31.4 Å². The molecule has 23 heavy (non-hydrogen) atoms. The molecule has 0 saturated carbocycles. The number of halogens is 3. The van der Waals surface area contributed by atoms with Gasteiger partial charge in [-0.25, -0.2) is 0 Å². The first-order valence-electron chi connectivity index (χ1n) is 7.14. The average molecular weight is 343 g/mol. The zero-order valence-corrected chi connectivity index (χ0v) is 13.9. The highest BCUT2D eigenvalue weighted by atomic mass is 32.2. The van der Waals surface area contributed by atoms with Crippen LogP contribution < -0.4 is 10.6 Å². The molecule has 0 saturated heterocycles. The van der Waals surface area contributed by atoms with Crippen LogP contribution in [0.2, 0.25) is 0 Å². The summed E-state index contributed by atoms with van der Waals surface area (Å²) in [4.78, 5) is 4.35. The molecule has 0 amide bonds. The van der Waals surface area contributed by atoms with Crippen molar-refractivity contribution in [3.05, 3.63) is 35.4 Å². The van der Waals surface area contributed by atoms with Crippen LogP contribution in [0.15, 0.2) is 29.3 Å². The standard InChI is InChI=1S/C16H20F3N3S/c1-3-20-15(22-10-11-23-2)21-9-5-7-13-6-4-8-14(12-13)16(17,18)19/h4,6,8,12H,3,9-11H2,1-2H3,(H2,20,21,22). The van der Waals surface area contributed by atoms with Crippen LogP contribution in [-0.4, -0.2) is 37.6 Å². The molecule has 0 aliphatic rings. The summed E-state index contributed by atoms with van der Waals surface area (Å²) in [6.07, 6.45) is -2.34. The predicted octanol–water partition coefficient (Wildman–Crippen LogP) is 2.98. The molecule has 1 aromatic carbocycles. The van der Waals surface area contributed by atoms with E-state index in [1.54, 1.807) is 17.8 Å². The summed E-state index contributed by atoms with van der Waals surface area (Å²) >= 11 is 1.71. The minimum atomic E-state index is -4.35. The van der Waals surface area contributed by atoms with Crippen molar-refractivity contribution in [2.45, 2.75) is 13.1 Å². The van der Waals surface area contributed by atoms with Gasteiger partial charge in [-0.15, -0.1) is 0 Å². The first kappa shape index (κ1) is 19.2. The Morgan fingerprint density at radius 3 is 2.74 bits per heavy atom. The van der Waals surface area contributed by atoms with Crippen LogP contribution in [0.4, 0.5) is 13.2 Å². The molecule has 0 spiro atoms. The van der Waals surface area contributed by atoms with Crippen molar-refractivity contribution < 1.29 is 13.2 Å². The molecule has 0 aliphatic heterocycles. The zero-order valence-electron chi connectivity index (χ0n) is 13.1. The van der Waals surface area contributed by atoms with Crippen molar-refractivity contribution in [1.82, 2.24) is 10.6 Å². The van der Waals surface area contributed by atoms with E-state index in [2.05, 4.69) is 27.5 Å². The van der Waals surface area contributed by atoms with Crippen molar-refractivity contribution in [3.63, 3.8) is 0 Å². The zero-order chi connectivity index (χ0) is 17.1. The van der Waals surface area contributed by atoms with Crippen LogP contribution in [0.5, 0.6) is 0 Å². The third kappa shape index (κ3) is 7.84. The summed E-state index contributed by atoms with van der Waals surface area (Å²) in [5, 5.41) is 6.11. The van der Waals surface area contributed by atoms with Crippen LogP contribution in [0.25, 0.3) is 0 Å². The summed E-state index contributed by atoms with van der Waals surface area (Å²) < 4.78 is 37.8. The molecule has 2 N–H and O–H groups in total. The van der Waals surface area contributed by atoms with Crippen LogP contribution >= 0.6 is 11.8 Å². The van der Waals surface area contributed by atoms with E-state index in [-0.39, 0.29) is 0 Å². The summed E-state index contributed by atoms with van der Waals surface area (Å²) in [6, 6.07) is 4.99. The molecule has 3 nitrogen and oxygen atoms in total. The SMILES string of the molecule is CCNC(=NCCSC)NCC#Cc1cccc(C(F)(F)F)c1. The Bertz CT molecular complexity index is 574. The second-order valence-electron chi connectivity index (χ2n) is 4.49. The van der Waals surface area contributed by atoms with Crippen molar-refractivity contribution in [2.75, 3.05) is 31.6 Å². The highest BCUT2D eigenvalue weighted by Crippen LogP contribution is 2.29. The molecular weight excluding hydrogens is 323 g/mol. The van der Waals surface area contributed by atoms with Gasteiger partial charge in [-0.1, -0.05) is 17.9 Å². The van der Waals surface area contributed by atoms with Gasteiger partial charge in [0, 0.05) is 17.9 Å². The van der Waals surface area contributed by atoms with Crippen molar-refractivity contribution in [1.29, 1.82) is 0 Å². The first-order chi connectivity index (χ1) is 11.0. The summed E-state index contributed by atoms with van der Waals surface area (Å²) in [7, 11) is 0. The molecule has 0 aliphatic carbocycles. The predicted molar refractivity (Wildman–Crippen MR) is 90.7 cm³/mol. The Balaban J connectivity index is 2.61. The Hall–Kier alpha value is -1.81. The van der Waals surface area contributed by atoms with E-state index in [0.717, 1.165) is 24.4 Å². The van der Waals surface area contributed by atoms with E-state index >= 15 is 0 Å². The van der Waals surface area contributed by atoms with Gasteiger partial charge in [0.2, 0.25) is 0 Å². The lowest BCUT2D eigenvalue weighted by Crippen LogP contribution is -2.37. The number of nitrogens with one attached hydrogen (secondary N) is 2. The average Bonchev–Trinajstić information content (AvgIpc) is 2.51. The number of alkyl halides is 3. The maximum Gasteiger partial charge on any atom is 0.416 e. The largest absolute Gasteiger partial charge is 0.416 e. The molecule has 0 radical (unpaired) electrons. The van der Waals surface area contributed by atoms with Crippen LogP contribution in [-0.2, 0) is 6.18 Å². The van der Waals surface area contributed by atoms with Crippen LogP contribution in [0, 0.1) is 11.8 Å². The maximum absolute atomic E-state index is 12.6. The number of benzene rings is 1. The fourth-order valence-electron chi connectivity index (χ4n) is 1.64. The molecule has 1 rings (SSSR count). The minimum Gasteiger partial charge on any atom is -0.357 e. The summed E-state index contributed by atoms with van der Waals surface area (Å²) in [5.41, 5.74) is -0.352. The van der Waals surface area contributed by atoms with Gasteiger partial charge >= 0.3 is 6.18 Å². The number of hydrogen-bond donors (Lipinski definition) is 2. The molecular formula is C16H20F3N3S. The molecule has 0 bridgehead atoms. The van der Waals surface area contributed by atoms with E-state index in [0.29, 0.717) is 24.6 Å². The number of rotatable bonds is 5. The van der Waals surface area contributed by atoms with Gasteiger partial charge in [0.15, 0.2) is 5.96 Å². The van der Waals surface area contributed by atoms with Crippen molar-refractivity contribution >= 4 is 17.7 Å². The first-order valence-corrected chi connectivity index (χ1v) is 8.54. The van der Waals surface area contributed by atoms with Crippen LogP contribution in [0.1, 0.15) is 18.1 Å². The Morgan fingerprint density at radius 2 is 2.09 bits per heavy atom. The highest BCUT2D eigenvalue weighted by Gasteiger charge is 2.30. The van der Waals surface area contributed by atoms with Gasteiger partial charge in [0.25, 0.3) is 0 Å². The molecule has 0 aromatic heterocycles. The lowest BCUT2D eigenvalue weighted by molar-refractivity contribution is -0.137. The number of thioether (sulfide) groups is 1. The minimum absolute atomic E-state index is 0.307. The van der Waals surface area contributed by atoms with Crippen molar-refractivity contribution in [2.24, 2.45) is 4.99 Å². The third-order valence-electron chi connectivity index (χ3n) is 2.68. The number of hydrogen-bond acceptors (Lipinski definition) is 2. The van der Waals surface area contributed by atoms with Gasteiger partial charge in [0.05, 0.1) is 18.7 Å². The normalized spacial score (nSPS) is 11.6. The maximum atomic E-state index is 12.6. The number of guanidine groups is 1. The molecule has 0 heterocycles. The van der Waals surface area contributed by atoms with Gasteiger partial charge in [-0.2, -0.15) is 24.9 Å². The fraction of sp³-hybridized carbons (Fsp3) is 0.438. The van der Waals surface area contributed by atoms with E-state index < -0.39 is 11.7 Å². The molecule has 1 aromatic rings. The Morgan fingerprint density at radius 1 is 1.30 bits per heavy atom. The van der Waals surface area contributed by atoms with Gasteiger partial charge in [-0.3, -0.25) is 4.99 Å². The highest BCUT2D eigenvalue weighted by molar-refractivity contribution is 7.98. The molecule has 0 fully saturated rings. The topological polar surface area (TPSA) is 36.4 Å². The van der Waals surface area contributed by atoms with E-state index in [4.69, 9.17) is 0 Å². The second kappa shape index (κ2) is 10.1. The summed E-state index contributed by atoms with van der Waals surface area (Å²) in [5.74, 6) is 7.10. The molecule has 7 heteroatoms. The summed E-state index contributed by atoms with van der Waals surface area (Å²) in [6.45, 7) is 3.69. The fourth-order valence-corrected chi connectivity index (χ4v) is 1.91. The van der Waals surface area contributed by atoms with Gasteiger partial charge < -0.3 is 10.6 Å². The second-order valence-corrected chi connectivity index (χ2v) is 5.47. The molecule has 0 unspecified atom stereocenters. The molecule has 126 valence electrons. The smallest absolute Gasteiger partial charge is 0.357 e. The van der Waals surface area contributed by atoms with E-state index in [1.165, 1.54) is 6.07 Å². The van der Waals surface area contributed by atoms with Crippen LogP contribution in [0.3, 0.4) is 0 Å². The van der Waals surface area contributed by atoms with Gasteiger partial charge in [0.1, 0.15) is 0 Å². The quantitative estimate of drug-likeness (QED) is 0.373.